The van der Waals surface area contributed by atoms with E-state index in [1.165, 1.54) is 103 Å². The maximum atomic E-state index is 13.1. The van der Waals surface area contributed by atoms with Crippen molar-refractivity contribution < 1.29 is 80.2 Å². The number of allylic oxidation sites excluding steroid dienone is 10. The molecule has 0 amide bonds. The van der Waals surface area contributed by atoms with Crippen LogP contribution in [0.4, 0.5) is 0 Å². The predicted octanol–water partition coefficient (Wildman–Crippen LogP) is 21.1. The van der Waals surface area contributed by atoms with Gasteiger partial charge in [0, 0.05) is 25.7 Å². The molecule has 3 N–H and O–H groups in total. The number of aliphatic hydroxyl groups excluding tert-OH is 1. The van der Waals surface area contributed by atoms with Crippen molar-refractivity contribution >= 4 is 39.5 Å². The smallest absolute Gasteiger partial charge is 0.462 e. The molecule has 0 aromatic rings. The first kappa shape index (κ1) is 90.8. The number of hydrogen-bond acceptors (Lipinski definition) is 15. The fourth-order valence-corrected chi connectivity index (χ4v) is 11.8. The standard InChI is InChI=1S/C75H136O17P2/c1-5-9-13-17-21-25-29-31-33-34-36-37-41-44-48-52-56-60-73(78)86-66-71(92-75(80)62-58-54-50-46-42-38-35-32-30-26-22-18-14-10-6-2)68-90-94(83,84)88-64-69(76)63-87-93(81,82)89-67-70(91-74(79)61-57-53-49-45-40-28-24-20-16-12-8-4)65-85-72(77)59-55-51-47-43-39-27-23-19-15-11-7-3/h9,13,21-22,25-26,31-33,35,69-71,76H,5-8,10-12,14-20,23-24,27-30,34,36-68H2,1-4H3,(H,81,82)(H,83,84)/b13-9-,25-21-,26-22-,33-31-,35-32-. The summed E-state index contributed by atoms with van der Waals surface area (Å²) in [4.78, 5) is 72.7. The summed E-state index contributed by atoms with van der Waals surface area (Å²) in [5, 5.41) is 10.6. The third kappa shape index (κ3) is 67.3. The molecule has 548 valence electrons. The molecular weight excluding hydrogens is 1230 g/mol. The van der Waals surface area contributed by atoms with Crippen LogP contribution in [0.25, 0.3) is 0 Å². The third-order valence-electron chi connectivity index (χ3n) is 16.0. The van der Waals surface area contributed by atoms with Crippen molar-refractivity contribution in [2.24, 2.45) is 0 Å². The Morgan fingerprint density at radius 1 is 0.309 bits per heavy atom. The number of unbranched alkanes of at least 4 members (excludes halogenated alkanes) is 35. The molecule has 0 saturated carbocycles. The summed E-state index contributed by atoms with van der Waals surface area (Å²) in [6, 6.07) is 0. The molecule has 17 nitrogen and oxygen atoms in total. The number of carbonyl (C=O) groups is 4. The van der Waals surface area contributed by atoms with Gasteiger partial charge in [0.25, 0.3) is 0 Å². The minimum absolute atomic E-state index is 0.0802. The molecule has 0 aliphatic heterocycles. The van der Waals surface area contributed by atoms with E-state index in [0.717, 1.165) is 154 Å². The normalized spacial score (nSPS) is 14.3. The minimum Gasteiger partial charge on any atom is -0.462 e. The Labute approximate surface area is 571 Å². The van der Waals surface area contributed by atoms with Crippen LogP contribution in [0, 0.1) is 0 Å². The zero-order chi connectivity index (χ0) is 69.0. The van der Waals surface area contributed by atoms with Gasteiger partial charge in [0.1, 0.15) is 19.3 Å². The zero-order valence-corrected chi connectivity index (χ0v) is 61.4. The average Bonchev–Trinajstić information content (AvgIpc) is 1.29. The van der Waals surface area contributed by atoms with Crippen molar-refractivity contribution in [3.8, 4) is 0 Å². The summed E-state index contributed by atoms with van der Waals surface area (Å²) in [6.45, 7) is 4.74. The third-order valence-corrected chi connectivity index (χ3v) is 17.9. The van der Waals surface area contributed by atoms with Crippen molar-refractivity contribution in [3.63, 3.8) is 0 Å². The number of hydrogen-bond donors (Lipinski definition) is 3. The highest BCUT2D eigenvalue weighted by Gasteiger charge is 2.30. The molecule has 5 atom stereocenters. The van der Waals surface area contributed by atoms with Gasteiger partial charge in [0.05, 0.1) is 26.4 Å². The highest BCUT2D eigenvalue weighted by atomic mass is 31.2. The lowest BCUT2D eigenvalue weighted by molar-refractivity contribution is -0.161. The first-order valence-electron chi connectivity index (χ1n) is 37.5. The molecule has 0 aliphatic rings. The highest BCUT2D eigenvalue weighted by Crippen LogP contribution is 2.45. The molecule has 0 fully saturated rings. The van der Waals surface area contributed by atoms with Crippen LogP contribution in [-0.4, -0.2) is 96.7 Å². The quantitative estimate of drug-likeness (QED) is 0.0169. The Kier molecular flexibility index (Phi) is 65.9. The van der Waals surface area contributed by atoms with E-state index in [4.69, 9.17) is 37.0 Å². The second-order valence-corrected chi connectivity index (χ2v) is 28.1. The van der Waals surface area contributed by atoms with E-state index < -0.39 is 97.5 Å². The van der Waals surface area contributed by atoms with Crippen LogP contribution in [0.15, 0.2) is 60.8 Å². The summed E-state index contributed by atoms with van der Waals surface area (Å²) in [5.41, 5.74) is 0. The van der Waals surface area contributed by atoms with Gasteiger partial charge in [-0.15, -0.1) is 0 Å². The van der Waals surface area contributed by atoms with E-state index in [2.05, 4.69) is 88.5 Å². The Balaban J connectivity index is 5.30. The van der Waals surface area contributed by atoms with E-state index in [-0.39, 0.29) is 25.7 Å². The Morgan fingerprint density at radius 2 is 0.553 bits per heavy atom. The Bertz CT molecular complexity index is 2030. The molecular formula is C75H136O17P2. The van der Waals surface area contributed by atoms with Crippen LogP contribution in [0.5, 0.6) is 0 Å². The molecule has 0 aromatic carbocycles. The second kappa shape index (κ2) is 68.3. The van der Waals surface area contributed by atoms with Gasteiger partial charge in [-0.1, -0.05) is 281 Å². The van der Waals surface area contributed by atoms with Crippen molar-refractivity contribution in [1.29, 1.82) is 0 Å². The van der Waals surface area contributed by atoms with Gasteiger partial charge in [-0.05, 0) is 89.9 Å². The molecule has 94 heavy (non-hydrogen) atoms. The lowest BCUT2D eigenvalue weighted by Gasteiger charge is -2.21. The van der Waals surface area contributed by atoms with Crippen LogP contribution in [0.2, 0.25) is 0 Å². The topological polar surface area (TPSA) is 237 Å². The number of esters is 4. The Hall–Kier alpha value is -3.24. The van der Waals surface area contributed by atoms with Crippen molar-refractivity contribution in [1.82, 2.24) is 0 Å². The lowest BCUT2D eigenvalue weighted by atomic mass is 10.1. The van der Waals surface area contributed by atoms with E-state index in [1.54, 1.807) is 0 Å². The second-order valence-electron chi connectivity index (χ2n) is 25.2. The van der Waals surface area contributed by atoms with E-state index in [0.29, 0.717) is 25.7 Å². The van der Waals surface area contributed by atoms with Gasteiger partial charge >= 0.3 is 39.5 Å². The van der Waals surface area contributed by atoms with Crippen LogP contribution in [0.3, 0.4) is 0 Å². The van der Waals surface area contributed by atoms with Crippen molar-refractivity contribution in [2.45, 2.75) is 354 Å². The molecule has 0 rings (SSSR count). The van der Waals surface area contributed by atoms with Crippen LogP contribution >= 0.6 is 15.6 Å². The summed E-state index contributed by atoms with van der Waals surface area (Å²) < 4.78 is 68.4. The molecule has 5 unspecified atom stereocenters. The average molecular weight is 1370 g/mol. The van der Waals surface area contributed by atoms with Gasteiger partial charge in [-0.25, -0.2) is 9.13 Å². The molecule has 0 heterocycles. The lowest BCUT2D eigenvalue weighted by Crippen LogP contribution is -2.30. The van der Waals surface area contributed by atoms with Gasteiger partial charge in [0.2, 0.25) is 0 Å². The summed E-state index contributed by atoms with van der Waals surface area (Å²) >= 11 is 0. The fourth-order valence-electron chi connectivity index (χ4n) is 10.3. The molecule has 0 aliphatic carbocycles. The molecule has 0 spiro atoms. The number of ether oxygens (including phenoxy) is 4. The minimum atomic E-state index is -4.97. The molecule has 0 saturated heterocycles. The highest BCUT2D eigenvalue weighted by molar-refractivity contribution is 7.47. The zero-order valence-electron chi connectivity index (χ0n) is 59.6. The van der Waals surface area contributed by atoms with Crippen LogP contribution in [0.1, 0.15) is 336 Å². The summed E-state index contributed by atoms with van der Waals surface area (Å²) in [6.07, 6.45) is 65.0. The van der Waals surface area contributed by atoms with E-state index in [1.807, 2.05) is 0 Å². The van der Waals surface area contributed by atoms with Gasteiger partial charge in [0.15, 0.2) is 12.2 Å². The summed E-state index contributed by atoms with van der Waals surface area (Å²) in [7, 11) is -9.93. The number of carbonyl (C=O) groups excluding carboxylic acids is 4. The molecule has 0 bridgehead atoms. The van der Waals surface area contributed by atoms with Gasteiger partial charge in [-0.3, -0.25) is 37.3 Å². The SMILES string of the molecule is CC/C=C\C/C=C\C/C=C\CCCCCCCCCC(=O)OCC(COP(=O)(O)OCC(O)COP(=O)(O)OCC(COC(=O)CCCCCCCCCCCCC)OC(=O)CCCCCCCCCCCCC)OC(=O)CCCCCCC/C=C\C/C=C\CCCCC. The molecule has 0 radical (unpaired) electrons. The van der Waals surface area contributed by atoms with Gasteiger partial charge in [-0.2, -0.15) is 0 Å². The maximum Gasteiger partial charge on any atom is 0.472 e. The van der Waals surface area contributed by atoms with Crippen LogP contribution < -0.4 is 0 Å². The number of phosphoric ester groups is 2. The maximum absolute atomic E-state index is 13.1. The van der Waals surface area contributed by atoms with E-state index >= 15 is 0 Å². The summed E-state index contributed by atoms with van der Waals surface area (Å²) in [5.74, 6) is -2.17. The largest absolute Gasteiger partial charge is 0.472 e. The van der Waals surface area contributed by atoms with Gasteiger partial charge < -0.3 is 33.8 Å². The monoisotopic (exact) mass is 1370 g/mol. The number of rotatable bonds is 71. The van der Waals surface area contributed by atoms with Crippen molar-refractivity contribution in [2.75, 3.05) is 39.6 Å². The molecule has 19 heteroatoms. The predicted molar refractivity (Wildman–Crippen MR) is 381 cm³/mol. The van der Waals surface area contributed by atoms with E-state index in [9.17, 15) is 43.2 Å². The first-order valence-corrected chi connectivity index (χ1v) is 40.5. The Morgan fingerprint density at radius 3 is 0.872 bits per heavy atom. The number of aliphatic hydroxyl groups is 1. The van der Waals surface area contributed by atoms with Crippen LogP contribution in [-0.2, 0) is 65.4 Å². The first-order chi connectivity index (χ1) is 45.7. The number of phosphoric acid groups is 2. The van der Waals surface area contributed by atoms with Crippen molar-refractivity contribution in [3.05, 3.63) is 60.8 Å². The fraction of sp³-hybridized carbons (Fsp3) is 0.813. The molecule has 0 aromatic heterocycles.